The fourth-order valence-electron chi connectivity index (χ4n) is 4.70. The van der Waals surface area contributed by atoms with Crippen LogP contribution in [0.25, 0.3) is 22.1 Å². The fourth-order valence-corrected chi connectivity index (χ4v) is 5.56. The Balaban J connectivity index is 1.15. The molecule has 2 heterocycles. The van der Waals surface area contributed by atoms with Crippen molar-refractivity contribution in [1.29, 1.82) is 0 Å². The molecule has 174 valence electrons. The van der Waals surface area contributed by atoms with Gasteiger partial charge in [-0.3, -0.25) is 4.90 Å². The first kappa shape index (κ1) is 22.8. The van der Waals surface area contributed by atoms with E-state index in [-0.39, 0.29) is 5.63 Å². The zero-order valence-electron chi connectivity index (χ0n) is 19.6. The Kier molecular flexibility index (Phi) is 7.02. The monoisotopic (exact) mass is 470 g/mol. The van der Waals surface area contributed by atoms with Gasteiger partial charge in [0.25, 0.3) is 0 Å². The molecule has 0 amide bonds. The number of hydrogen-bond acceptors (Lipinski definition) is 5. The number of fused-ring (bicyclic) bond motifs is 1. The van der Waals surface area contributed by atoms with Crippen LogP contribution in [0.4, 0.5) is 5.69 Å². The molecule has 4 aromatic rings. The van der Waals surface area contributed by atoms with Crippen LogP contribution in [-0.2, 0) is 0 Å². The van der Waals surface area contributed by atoms with E-state index in [9.17, 15) is 4.79 Å². The summed E-state index contributed by atoms with van der Waals surface area (Å²) in [6.07, 6.45) is 1.14. The Labute approximate surface area is 205 Å². The third kappa shape index (κ3) is 5.21. The van der Waals surface area contributed by atoms with Crippen molar-refractivity contribution in [3.8, 4) is 11.1 Å². The number of thioether (sulfide) groups is 1. The zero-order chi connectivity index (χ0) is 23.3. The summed E-state index contributed by atoms with van der Waals surface area (Å²) in [4.78, 5) is 18.4. The third-order valence-corrected chi connectivity index (χ3v) is 7.60. The molecule has 0 spiro atoms. The van der Waals surface area contributed by atoms with E-state index in [0.29, 0.717) is 5.58 Å². The second-order valence-electron chi connectivity index (χ2n) is 8.82. The smallest absolute Gasteiger partial charge is 0.336 e. The summed E-state index contributed by atoms with van der Waals surface area (Å²) in [5.74, 6) is 1.05. The van der Waals surface area contributed by atoms with E-state index in [1.807, 2.05) is 48.2 Å². The van der Waals surface area contributed by atoms with Crippen molar-refractivity contribution < 1.29 is 4.42 Å². The first-order chi connectivity index (χ1) is 16.7. The summed E-state index contributed by atoms with van der Waals surface area (Å²) in [6.45, 7) is 7.72. The highest BCUT2D eigenvalue weighted by molar-refractivity contribution is 7.99. The lowest BCUT2D eigenvalue weighted by Gasteiger charge is -2.36. The average molecular weight is 471 g/mol. The van der Waals surface area contributed by atoms with Crippen molar-refractivity contribution >= 4 is 28.4 Å². The minimum absolute atomic E-state index is 0.307. The SMILES string of the molecule is Cc1ccccc1N1CCN(CCCSc2ccc3c(-c4ccccc4)cc(=O)oc3c2)CC1. The molecule has 1 aliphatic heterocycles. The van der Waals surface area contributed by atoms with Crippen LogP contribution in [0.15, 0.2) is 93.0 Å². The average Bonchev–Trinajstić information content (AvgIpc) is 2.87. The predicted octanol–water partition coefficient (Wildman–Crippen LogP) is 6.07. The van der Waals surface area contributed by atoms with Crippen LogP contribution in [0.3, 0.4) is 0 Å². The molecule has 5 rings (SSSR count). The van der Waals surface area contributed by atoms with Gasteiger partial charge < -0.3 is 9.32 Å². The maximum atomic E-state index is 12.2. The number of rotatable bonds is 7. The highest BCUT2D eigenvalue weighted by atomic mass is 32.2. The van der Waals surface area contributed by atoms with Crippen LogP contribution >= 0.6 is 11.8 Å². The molecule has 0 radical (unpaired) electrons. The van der Waals surface area contributed by atoms with Gasteiger partial charge in [-0.1, -0.05) is 48.5 Å². The van der Waals surface area contributed by atoms with Crippen LogP contribution in [-0.4, -0.2) is 43.4 Å². The summed E-state index contributed by atoms with van der Waals surface area (Å²) in [7, 11) is 0. The maximum absolute atomic E-state index is 12.2. The van der Waals surface area contributed by atoms with Gasteiger partial charge >= 0.3 is 5.63 Å². The molecule has 5 heteroatoms. The quantitative estimate of drug-likeness (QED) is 0.186. The molecule has 0 unspecified atom stereocenters. The highest BCUT2D eigenvalue weighted by Crippen LogP contribution is 2.30. The van der Waals surface area contributed by atoms with E-state index in [1.165, 1.54) is 11.3 Å². The van der Waals surface area contributed by atoms with Crippen LogP contribution in [0.2, 0.25) is 0 Å². The molecule has 4 nitrogen and oxygen atoms in total. The van der Waals surface area contributed by atoms with E-state index in [2.05, 4.69) is 53.1 Å². The summed E-state index contributed by atoms with van der Waals surface area (Å²) in [5, 5.41) is 0.974. The Bertz CT molecular complexity index is 1310. The van der Waals surface area contributed by atoms with Crippen molar-refractivity contribution in [1.82, 2.24) is 4.90 Å². The standard InChI is InChI=1S/C29H30N2O2S/c1-22-8-5-6-11-27(22)31-17-15-30(16-18-31)14-7-19-34-24-12-13-25-26(23-9-3-2-4-10-23)21-29(32)33-28(25)20-24/h2-6,8-13,20-21H,7,14-19H2,1H3. The van der Waals surface area contributed by atoms with E-state index < -0.39 is 0 Å². The van der Waals surface area contributed by atoms with Gasteiger partial charge in [0.05, 0.1) is 0 Å². The predicted molar refractivity (Wildman–Crippen MR) is 143 cm³/mol. The molecular weight excluding hydrogens is 440 g/mol. The number of benzene rings is 3. The minimum atomic E-state index is -0.307. The van der Waals surface area contributed by atoms with Crippen LogP contribution < -0.4 is 10.5 Å². The van der Waals surface area contributed by atoms with Crippen LogP contribution in [0, 0.1) is 6.92 Å². The second kappa shape index (κ2) is 10.5. The molecule has 0 bridgehead atoms. The van der Waals surface area contributed by atoms with Crippen molar-refractivity contribution in [3.63, 3.8) is 0 Å². The molecule has 1 saturated heterocycles. The van der Waals surface area contributed by atoms with Gasteiger partial charge in [-0.25, -0.2) is 4.79 Å². The topological polar surface area (TPSA) is 36.7 Å². The molecule has 0 aliphatic carbocycles. The Morgan fingerprint density at radius 3 is 2.44 bits per heavy atom. The maximum Gasteiger partial charge on any atom is 0.336 e. The van der Waals surface area contributed by atoms with Crippen molar-refractivity contribution in [3.05, 3.63) is 94.8 Å². The van der Waals surface area contributed by atoms with E-state index >= 15 is 0 Å². The summed E-state index contributed by atoms with van der Waals surface area (Å²) in [6, 6.07) is 26.5. The van der Waals surface area contributed by atoms with Crippen molar-refractivity contribution in [2.45, 2.75) is 18.2 Å². The molecule has 1 aliphatic rings. The molecule has 3 aromatic carbocycles. The molecule has 34 heavy (non-hydrogen) atoms. The van der Waals surface area contributed by atoms with Gasteiger partial charge in [0, 0.05) is 48.2 Å². The van der Waals surface area contributed by atoms with Gasteiger partial charge in [0.1, 0.15) is 5.58 Å². The summed E-state index contributed by atoms with van der Waals surface area (Å²) in [5.41, 5.74) is 5.03. The summed E-state index contributed by atoms with van der Waals surface area (Å²) >= 11 is 1.83. The Morgan fingerprint density at radius 1 is 0.882 bits per heavy atom. The first-order valence-corrected chi connectivity index (χ1v) is 12.9. The lowest BCUT2D eigenvalue weighted by Crippen LogP contribution is -2.46. The van der Waals surface area contributed by atoms with Gasteiger partial charge in [0.15, 0.2) is 0 Å². The first-order valence-electron chi connectivity index (χ1n) is 12.0. The molecule has 0 saturated carbocycles. The van der Waals surface area contributed by atoms with Crippen LogP contribution in [0.1, 0.15) is 12.0 Å². The Morgan fingerprint density at radius 2 is 1.65 bits per heavy atom. The van der Waals surface area contributed by atoms with Crippen molar-refractivity contribution in [2.24, 2.45) is 0 Å². The zero-order valence-corrected chi connectivity index (χ0v) is 20.4. The second-order valence-corrected chi connectivity index (χ2v) is 9.99. The number of para-hydroxylation sites is 1. The third-order valence-electron chi connectivity index (χ3n) is 6.52. The van der Waals surface area contributed by atoms with E-state index in [4.69, 9.17) is 4.42 Å². The molecule has 0 atom stereocenters. The number of aryl methyl sites for hydroxylation is 1. The fraction of sp³-hybridized carbons (Fsp3) is 0.276. The van der Waals surface area contributed by atoms with Gasteiger partial charge in [-0.15, -0.1) is 11.8 Å². The largest absolute Gasteiger partial charge is 0.423 e. The van der Waals surface area contributed by atoms with Crippen LogP contribution in [0.5, 0.6) is 0 Å². The van der Waals surface area contributed by atoms with Gasteiger partial charge in [-0.05, 0) is 66.6 Å². The molecule has 1 fully saturated rings. The van der Waals surface area contributed by atoms with E-state index in [0.717, 1.165) is 66.3 Å². The Hall–Kier alpha value is -3.02. The normalized spacial score (nSPS) is 14.6. The molecule has 0 N–H and O–H groups in total. The summed E-state index contributed by atoms with van der Waals surface area (Å²) < 4.78 is 5.54. The number of hydrogen-bond donors (Lipinski definition) is 0. The van der Waals surface area contributed by atoms with Crippen molar-refractivity contribution in [2.75, 3.05) is 43.4 Å². The minimum Gasteiger partial charge on any atom is -0.423 e. The lowest BCUT2D eigenvalue weighted by molar-refractivity contribution is 0.259. The number of piperazine rings is 1. The highest BCUT2D eigenvalue weighted by Gasteiger charge is 2.17. The number of nitrogens with zero attached hydrogens (tertiary/aromatic N) is 2. The van der Waals surface area contributed by atoms with Gasteiger partial charge in [-0.2, -0.15) is 0 Å². The van der Waals surface area contributed by atoms with E-state index in [1.54, 1.807) is 6.07 Å². The lowest BCUT2D eigenvalue weighted by atomic mass is 10.0. The molecule has 1 aromatic heterocycles. The molecular formula is C29H30N2O2S. The van der Waals surface area contributed by atoms with Gasteiger partial charge in [0.2, 0.25) is 0 Å². The number of anilines is 1.